The molecule has 0 spiro atoms. The molecule has 0 aliphatic rings. The fraction of sp³-hybridized carbons (Fsp3) is 0.125. The largest absolute Gasteiger partial charge is 0.465 e. The number of esters is 1. The van der Waals surface area contributed by atoms with Crippen molar-refractivity contribution in [3.8, 4) is 17.2 Å². The summed E-state index contributed by atoms with van der Waals surface area (Å²) in [6.45, 7) is 0. The minimum absolute atomic E-state index is 0.154. The third kappa shape index (κ3) is 3.26. The summed E-state index contributed by atoms with van der Waals surface area (Å²) in [5.74, 6) is -0.839. The lowest BCUT2D eigenvalue weighted by molar-refractivity contribution is -0.137. The van der Waals surface area contributed by atoms with Crippen LogP contribution < -0.4 is 5.73 Å². The van der Waals surface area contributed by atoms with Gasteiger partial charge in [-0.3, -0.25) is 0 Å². The van der Waals surface area contributed by atoms with Crippen molar-refractivity contribution in [1.82, 2.24) is 0 Å². The number of carbonyl (C=O) groups excluding carboxylic acids is 1. The number of benzene rings is 2. The number of hydrogen-bond donors (Lipinski definition) is 1. The zero-order valence-electron chi connectivity index (χ0n) is 11.9. The van der Waals surface area contributed by atoms with Crippen LogP contribution in [0.3, 0.4) is 0 Å². The van der Waals surface area contributed by atoms with Gasteiger partial charge in [0.15, 0.2) is 0 Å². The molecule has 0 aliphatic heterocycles. The highest BCUT2D eigenvalue weighted by Crippen LogP contribution is 2.39. The number of hydrogen-bond acceptors (Lipinski definition) is 4. The quantitative estimate of drug-likeness (QED) is 0.677. The number of halogens is 3. The van der Waals surface area contributed by atoms with Crippen molar-refractivity contribution < 1.29 is 22.7 Å². The van der Waals surface area contributed by atoms with Crippen molar-refractivity contribution in [2.75, 3.05) is 12.8 Å². The average molecular weight is 320 g/mol. The normalized spacial score (nSPS) is 10.9. The maximum absolute atomic E-state index is 13.3. The van der Waals surface area contributed by atoms with Gasteiger partial charge < -0.3 is 10.5 Å². The van der Waals surface area contributed by atoms with Gasteiger partial charge in [0.1, 0.15) is 0 Å². The first kappa shape index (κ1) is 16.4. The van der Waals surface area contributed by atoms with Gasteiger partial charge in [0.05, 0.1) is 29.9 Å². The van der Waals surface area contributed by atoms with Crippen molar-refractivity contribution in [3.63, 3.8) is 0 Å². The van der Waals surface area contributed by atoms with Crippen LogP contribution >= 0.6 is 0 Å². The zero-order chi connectivity index (χ0) is 17.2. The van der Waals surface area contributed by atoms with Crippen molar-refractivity contribution in [1.29, 1.82) is 5.26 Å². The van der Waals surface area contributed by atoms with Crippen LogP contribution in [-0.4, -0.2) is 13.1 Å². The van der Waals surface area contributed by atoms with Crippen LogP contribution in [0.4, 0.5) is 18.9 Å². The molecule has 0 heterocycles. The molecule has 0 fully saturated rings. The Morgan fingerprint density at radius 3 is 2.52 bits per heavy atom. The SMILES string of the molecule is COC(=O)c1cc(-c2cccc(C#N)c2)c(C(F)(F)F)cc1N. The van der Waals surface area contributed by atoms with Gasteiger partial charge in [0.2, 0.25) is 0 Å². The molecule has 118 valence electrons. The Morgan fingerprint density at radius 1 is 1.26 bits per heavy atom. The minimum atomic E-state index is -4.67. The molecule has 0 radical (unpaired) electrons. The standard InChI is InChI=1S/C16H11F3N2O2/c1-23-15(22)12-6-11(10-4-2-3-9(5-10)8-20)13(7-14(12)21)16(17,18)19/h2-7H,21H2,1H3. The lowest BCUT2D eigenvalue weighted by Gasteiger charge is -2.16. The fourth-order valence-electron chi connectivity index (χ4n) is 2.13. The summed E-state index contributed by atoms with van der Waals surface area (Å²) in [6, 6.07) is 9.24. The summed E-state index contributed by atoms with van der Waals surface area (Å²) < 4.78 is 44.3. The topological polar surface area (TPSA) is 76.1 Å². The van der Waals surface area contributed by atoms with Crippen LogP contribution in [0.25, 0.3) is 11.1 Å². The van der Waals surface area contributed by atoms with Gasteiger partial charge in [-0.1, -0.05) is 12.1 Å². The Morgan fingerprint density at radius 2 is 1.96 bits per heavy atom. The first-order valence-electron chi connectivity index (χ1n) is 6.37. The number of methoxy groups -OCH3 is 1. The van der Waals surface area contributed by atoms with Crippen LogP contribution in [0.2, 0.25) is 0 Å². The molecule has 0 saturated heterocycles. The predicted molar refractivity (Wildman–Crippen MR) is 77.3 cm³/mol. The molecule has 7 heteroatoms. The summed E-state index contributed by atoms with van der Waals surface area (Å²) in [5, 5.41) is 8.90. The van der Waals surface area contributed by atoms with E-state index in [9.17, 15) is 18.0 Å². The van der Waals surface area contributed by atoms with E-state index in [1.54, 1.807) is 0 Å². The molecule has 0 atom stereocenters. The van der Waals surface area contributed by atoms with Crippen LogP contribution in [0, 0.1) is 11.3 Å². The number of nitriles is 1. The van der Waals surface area contributed by atoms with E-state index in [2.05, 4.69) is 4.74 Å². The van der Waals surface area contributed by atoms with Gasteiger partial charge in [0, 0.05) is 5.69 Å². The van der Waals surface area contributed by atoms with E-state index in [4.69, 9.17) is 11.0 Å². The van der Waals surface area contributed by atoms with E-state index in [-0.39, 0.29) is 27.9 Å². The van der Waals surface area contributed by atoms with Crippen molar-refractivity contribution in [2.24, 2.45) is 0 Å². The van der Waals surface area contributed by atoms with Gasteiger partial charge in [-0.15, -0.1) is 0 Å². The molecule has 0 aromatic heterocycles. The van der Waals surface area contributed by atoms with Crippen LogP contribution in [0.1, 0.15) is 21.5 Å². The second-order valence-electron chi connectivity index (χ2n) is 4.67. The highest BCUT2D eigenvalue weighted by atomic mass is 19.4. The molecule has 0 saturated carbocycles. The summed E-state index contributed by atoms with van der Waals surface area (Å²) >= 11 is 0. The number of ether oxygens (including phenoxy) is 1. The first-order chi connectivity index (χ1) is 10.8. The Labute approximate surface area is 129 Å². The lowest BCUT2D eigenvalue weighted by Crippen LogP contribution is -2.12. The molecular formula is C16H11F3N2O2. The molecule has 4 nitrogen and oxygen atoms in total. The van der Waals surface area contributed by atoms with Gasteiger partial charge in [0.25, 0.3) is 0 Å². The van der Waals surface area contributed by atoms with E-state index < -0.39 is 17.7 Å². The number of carbonyl (C=O) groups is 1. The van der Waals surface area contributed by atoms with E-state index in [0.29, 0.717) is 6.07 Å². The van der Waals surface area contributed by atoms with Gasteiger partial charge in [-0.25, -0.2) is 4.79 Å². The maximum atomic E-state index is 13.3. The molecule has 2 aromatic rings. The predicted octanol–water partition coefficient (Wildman–Crippen LogP) is 3.61. The molecule has 0 aliphatic carbocycles. The Balaban J connectivity index is 2.77. The molecule has 23 heavy (non-hydrogen) atoms. The molecule has 0 bridgehead atoms. The summed E-state index contributed by atoms with van der Waals surface area (Å²) in [7, 11) is 1.11. The molecule has 2 aromatic carbocycles. The molecule has 2 N–H and O–H groups in total. The summed E-state index contributed by atoms with van der Waals surface area (Å²) in [6.07, 6.45) is -4.67. The van der Waals surface area contributed by atoms with Crippen LogP contribution in [0.5, 0.6) is 0 Å². The van der Waals surface area contributed by atoms with Gasteiger partial charge in [-0.2, -0.15) is 18.4 Å². The molecular weight excluding hydrogens is 309 g/mol. The van der Waals surface area contributed by atoms with E-state index in [1.807, 2.05) is 6.07 Å². The van der Waals surface area contributed by atoms with Crippen molar-refractivity contribution >= 4 is 11.7 Å². The minimum Gasteiger partial charge on any atom is -0.465 e. The highest BCUT2D eigenvalue weighted by Gasteiger charge is 2.35. The second-order valence-corrected chi connectivity index (χ2v) is 4.67. The molecule has 2 rings (SSSR count). The smallest absolute Gasteiger partial charge is 0.417 e. The van der Waals surface area contributed by atoms with Gasteiger partial charge in [-0.05, 0) is 35.4 Å². The summed E-state index contributed by atoms with van der Waals surface area (Å²) in [5.41, 5.74) is 4.17. The van der Waals surface area contributed by atoms with Crippen LogP contribution in [0.15, 0.2) is 36.4 Å². The second kappa shape index (κ2) is 6.01. The monoisotopic (exact) mass is 320 g/mol. The lowest BCUT2D eigenvalue weighted by atomic mass is 9.94. The highest BCUT2D eigenvalue weighted by molar-refractivity contribution is 5.97. The maximum Gasteiger partial charge on any atom is 0.417 e. The Kier molecular flexibility index (Phi) is 4.27. The van der Waals surface area contributed by atoms with Gasteiger partial charge >= 0.3 is 12.1 Å². The number of nitrogens with zero attached hydrogens (tertiary/aromatic N) is 1. The van der Waals surface area contributed by atoms with E-state index >= 15 is 0 Å². The number of alkyl halides is 3. The van der Waals surface area contributed by atoms with E-state index in [1.165, 1.54) is 24.3 Å². The third-order valence-electron chi connectivity index (χ3n) is 3.20. The van der Waals surface area contributed by atoms with Crippen molar-refractivity contribution in [2.45, 2.75) is 6.18 Å². The van der Waals surface area contributed by atoms with Crippen LogP contribution in [-0.2, 0) is 10.9 Å². The number of anilines is 1. The Bertz CT molecular complexity index is 808. The summed E-state index contributed by atoms with van der Waals surface area (Å²) in [4.78, 5) is 11.7. The van der Waals surface area contributed by atoms with E-state index in [0.717, 1.165) is 13.2 Å². The molecule has 0 unspecified atom stereocenters. The zero-order valence-corrected chi connectivity index (χ0v) is 11.9. The first-order valence-corrected chi connectivity index (χ1v) is 6.37. The number of nitrogen functional groups attached to an aromatic ring is 1. The average Bonchev–Trinajstić information content (AvgIpc) is 2.53. The number of rotatable bonds is 2. The molecule has 0 amide bonds. The Hall–Kier alpha value is -3.01. The van der Waals surface area contributed by atoms with Crippen molar-refractivity contribution in [3.05, 3.63) is 53.1 Å². The number of nitrogens with two attached hydrogens (primary N) is 1. The third-order valence-corrected chi connectivity index (χ3v) is 3.20. The fourth-order valence-corrected chi connectivity index (χ4v) is 2.13.